The molecule has 1 aliphatic rings. The van der Waals surface area contributed by atoms with Crippen LogP contribution in [-0.2, 0) is 0 Å². The molecule has 1 aromatic rings. The van der Waals surface area contributed by atoms with Gasteiger partial charge in [-0.05, 0) is 43.7 Å². The Morgan fingerprint density at radius 1 is 1.33 bits per heavy atom. The average molecular weight is 292 g/mol. The van der Waals surface area contributed by atoms with Gasteiger partial charge in [-0.25, -0.2) is 4.79 Å². The minimum atomic E-state index is -1.27. The average Bonchev–Trinajstić information content (AvgIpc) is 2.46. The van der Waals surface area contributed by atoms with Crippen LogP contribution in [0.5, 0.6) is 0 Å². The summed E-state index contributed by atoms with van der Waals surface area (Å²) < 4.78 is 0. The number of anilines is 1. The van der Waals surface area contributed by atoms with Gasteiger partial charge in [0.25, 0.3) is 0 Å². The molecule has 1 aromatic carbocycles. The van der Waals surface area contributed by atoms with E-state index in [1.165, 1.54) is 6.07 Å². The lowest BCUT2D eigenvalue weighted by Crippen LogP contribution is -2.35. The van der Waals surface area contributed by atoms with Gasteiger partial charge in [-0.2, -0.15) is 0 Å². The van der Waals surface area contributed by atoms with Crippen LogP contribution < -0.4 is 4.90 Å². The first-order valence-electron chi connectivity index (χ1n) is 7.15. The fraction of sp³-hybridized carbons (Fsp3) is 0.533. The van der Waals surface area contributed by atoms with Gasteiger partial charge in [0.1, 0.15) is 11.3 Å². The molecule has 2 rings (SSSR count). The monoisotopic (exact) mass is 292 g/mol. The van der Waals surface area contributed by atoms with Crippen molar-refractivity contribution in [3.63, 3.8) is 0 Å². The Hall–Kier alpha value is -2.11. The first-order chi connectivity index (χ1) is 9.91. The van der Waals surface area contributed by atoms with Crippen LogP contribution in [0.15, 0.2) is 18.2 Å². The third-order valence-corrected chi connectivity index (χ3v) is 4.34. The summed E-state index contributed by atoms with van der Waals surface area (Å²) in [6.45, 7) is 2.21. The van der Waals surface area contributed by atoms with Crippen molar-refractivity contribution in [2.75, 3.05) is 11.9 Å². The third-order valence-electron chi connectivity index (χ3n) is 4.34. The van der Waals surface area contributed by atoms with E-state index in [2.05, 4.69) is 6.92 Å². The van der Waals surface area contributed by atoms with Crippen LogP contribution in [0.2, 0.25) is 0 Å². The van der Waals surface area contributed by atoms with E-state index in [-0.39, 0.29) is 17.3 Å². The number of rotatable bonds is 4. The van der Waals surface area contributed by atoms with Gasteiger partial charge in [0.2, 0.25) is 0 Å². The number of carboxylic acid groups (broad SMARTS) is 1. The van der Waals surface area contributed by atoms with E-state index in [0.717, 1.165) is 25.7 Å². The molecule has 1 N–H and O–H groups in total. The Morgan fingerprint density at radius 3 is 2.48 bits per heavy atom. The summed E-state index contributed by atoms with van der Waals surface area (Å²) in [6, 6.07) is 4.70. The van der Waals surface area contributed by atoms with Gasteiger partial charge >= 0.3 is 11.7 Å². The number of nitro benzene ring substituents is 1. The molecule has 21 heavy (non-hydrogen) atoms. The summed E-state index contributed by atoms with van der Waals surface area (Å²) >= 11 is 0. The Labute approximate surface area is 123 Å². The number of aromatic carboxylic acids is 1. The summed E-state index contributed by atoms with van der Waals surface area (Å²) in [6.07, 6.45) is 4.15. The molecule has 1 saturated carbocycles. The molecule has 0 bridgehead atoms. The lowest BCUT2D eigenvalue weighted by Gasteiger charge is -2.34. The minimum Gasteiger partial charge on any atom is -0.477 e. The number of hydrogen-bond acceptors (Lipinski definition) is 4. The predicted octanol–water partition coefficient (Wildman–Crippen LogP) is 3.31. The fourth-order valence-corrected chi connectivity index (χ4v) is 3.01. The maximum Gasteiger partial charge on any atom is 0.342 e. The summed E-state index contributed by atoms with van der Waals surface area (Å²) in [5.74, 6) is -0.579. The molecule has 0 unspecified atom stereocenters. The molecule has 0 saturated heterocycles. The van der Waals surface area contributed by atoms with Gasteiger partial charge in [0, 0.05) is 13.1 Å². The number of carboxylic acids is 1. The molecule has 0 atom stereocenters. The normalized spacial score (nSPS) is 21.8. The molecule has 0 aromatic heterocycles. The molecule has 1 aliphatic carbocycles. The minimum absolute atomic E-state index is 0.226. The maximum atomic E-state index is 11.3. The number of carbonyl (C=O) groups is 1. The van der Waals surface area contributed by atoms with Crippen LogP contribution >= 0.6 is 0 Å². The Bertz CT molecular complexity index is 551. The highest BCUT2D eigenvalue weighted by molar-refractivity contribution is 5.95. The lowest BCUT2D eigenvalue weighted by atomic mass is 9.86. The zero-order valence-corrected chi connectivity index (χ0v) is 12.3. The van der Waals surface area contributed by atoms with Gasteiger partial charge in [0.15, 0.2) is 0 Å². The largest absolute Gasteiger partial charge is 0.477 e. The van der Waals surface area contributed by atoms with E-state index >= 15 is 0 Å². The highest BCUT2D eigenvalue weighted by Gasteiger charge is 2.30. The van der Waals surface area contributed by atoms with Gasteiger partial charge < -0.3 is 10.0 Å². The second kappa shape index (κ2) is 6.11. The van der Waals surface area contributed by atoms with E-state index in [9.17, 15) is 14.9 Å². The molecule has 1 fully saturated rings. The fourth-order valence-electron chi connectivity index (χ4n) is 3.01. The number of nitrogens with zero attached hydrogens (tertiary/aromatic N) is 2. The SMILES string of the molecule is CC1CCC(N(C)c2cccc(C(=O)O)c2[N+](=O)[O-])CC1. The molecule has 0 aliphatic heterocycles. The molecular formula is C15H20N2O4. The van der Waals surface area contributed by atoms with Crippen molar-refractivity contribution < 1.29 is 14.8 Å². The standard InChI is InChI=1S/C15H20N2O4/c1-10-6-8-11(9-7-10)16(2)13-5-3-4-12(15(18)19)14(13)17(20)21/h3-5,10-11H,6-9H2,1-2H3,(H,18,19). The molecule has 6 nitrogen and oxygen atoms in total. The van der Waals surface area contributed by atoms with Crippen LogP contribution in [0, 0.1) is 16.0 Å². The summed E-state index contributed by atoms with van der Waals surface area (Å²) in [4.78, 5) is 23.8. The van der Waals surface area contributed by atoms with Crippen LogP contribution in [0.25, 0.3) is 0 Å². The maximum absolute atomic E-state index is 11.3. The Kier molecular flexibility index (Phi) is 4.45. The van der Waals surface area contributed by atoms with E-state index in [0.29, 0.717) is 11.6 Å². The van der Waals surface area contributed by atoms with Gasteiger partial charge in [-0.15, -0.1) is 0 Å². The topological polar surface area (TPSA) is 83.7 Å². The van der Waals surface area contributed by atoms with Crippen molar-refractivity contribution in [3.8, 4) is 0 Å². The van der Waals surface area contributed by atoms with Crippen molar-refractivity contribution in [1.29, 1.82) is 0 Å². The van der Waals surface area contributed by atoms with Gasteiger partial charge in [-0.3, -0.25) is 10.1 Å². The van der Waals surface area contributed by atoms with Crippen LogP contribution in [0.4, 0.5) is 11.4 Å². The first-order valence-corrected chi connectivity index (χ1v) is 7.15. The molecular weight excluding hydrogens is 272 g/mol. The number of hydrogen-bond donors (Lipinski definition) is 1. The zero-order chi connectivity index (χ0) is 15.6. The van der Waals surface area contributed by atoms with Crippen LogP contribution in [-0.4, -0.2) is 29.1 Å². The molecule has 0 heterocycles. The van der Waals surface area contributed by atoms with E-state index < -0.39 is 10.9 Å². The van der Waals surface area contributed by atoms with Crippen molar-refractivity contribution in [1.82, 2.24) is 0 Å². The number of benzene rings is 1. The van der Waals surface area contributed by atoms with Gasteiger partial charge in [-0.1, -0.05) is 13.0 Å². The van der Waals surface area contributed by atoms with Crippen molar-refractivity contribution in [2.24, 2.45) is 5.92 Å². The van der Waals surface area contributed by atoms with E-state index in [1.54, 1.807) is 12.1 Å². The number of para-hydroxylation sites is 1. The van der Waals surface area contributed by atoms with E-state index in [1.807, 2.05) is 11.9 Å². The zero-order valence-electron chi connectivity index (χ0n) is 12.3. The molecule has 0 radical (unpaired) electrons. The highest BCUT2D eigenvalue weighted by Crippen LogP contribution is 2.36. The molecule has 6 heteroatoms. The third kappa shape index (κ3) is 3.15. The Morgan fingerprint density at radius 2 is 1.95 bits per heavy atom. The van der Waals surface area contributed by atoms with Crippen molar-refractivity contribution in [3.05, 3.63) is 33.9 Å². The second-order valence-electron chi connectivity index (χ2n) is 5.76. The van der Waals surface area contributed by atoms with Crippen molar-refractivity contribution >= 4 is 17.3 Å². The van der Waals surface area contributed by atoms with Crippen LogP contribution in [0.3, 0.4) is 0 Å². The lowest BCUT2D eigenvalue weighted by molar-refractivity contribution is -0.384. The summed E-state index contributed by atoms with van der Waals surface area (Å²) in [7, 11) is 1.81. The molecule has 0 spiro atoms. The van der Waals surface area contributed by atoms with E-state index in [4.69, 9.17) is 5.11 Å². The highest BCUT2D eigenvalue weighted by atomic mass is 16.6. The summed E-state index contributed by atoms with van der Waals surface area (Å²) in [5.41, 5.74) is -0.181. The second-order valence-corrected chi connectivity index (χ2v) is 5.76. The van der Waals surface area contributed by atoms with Crippen molar-refractivity contribution in [2.45, 2.75) is 38.6 Å². The van der Waals surface area contributed by atoms with Crippen LogP contribution in [0.1, 0.15) is 43.0 Å². The quantitative estimate of drug-likeness (QED) is 0.680. The van der Waals surface area contributed by atoms with Gasteiger partial charge in [0.05, 0.1) is 4.92 Å². The molecule has 0 amide bonds. The smallest absolute Gasteiger partial charge is 0.342 e. The predicted molar refractivity (Wildman–Crippen MR) is 79.9 cm³/mol. The number of nitro groups is 1. The first kappa shape index (κ1) is 15.3. The Balaban J connectivity index is 2.36. The molecule has 114 valence electrons. The summed E-state index contributed by atoms with van der Waals surface area (Å²) in [5, 5.41) is 20.4.